The maximum Gasteiger partial charge on any atom is 0.352 e. The van der Waals surface area contributed by atoms with E-state index in [4.69, 9.17) is 5.73 Å². The lowest BCUT2D eigenvalue weighted by molar-refractivity contribution is -0.150. The Labute approximate surface area is 218 Å². The van der Waals surface area contributed by atoms with Crippen molar-refractivity contribution < 1.29 is 32.5 Å². The van der Waals surface area contributed by atoms with Gasteiger partial charge >= 0.3 is 5.97 Å². The molecule has 0 aliphatic carbocycles. The first-order valence-electron chi connectivity index (χ1n) is 10.7. The maximum absolute atomic E-state index is 13.0. The Hall–Kier alpha value is -3.13. The zero-order chi connectivity index (χ0) is 27.1. The standard InChI is InChI=1S/C18H23N9O7S3/c1-25(2)3-4-26-14(22-23-24-26)13(37(32,33)34)9-7-35-16-11(15(29)27(16)12(9)17(30)31)21-10(28)5-8-6-36-18(19)20-8/h6,11,13,16H,3-5,7H2,1-2H3,(H2,19,20)(H,21,28)(H,30,31)(H,32,33,34)/t11-,13?,16-/m1/s1. The summed E-state index contributed by atoms with van der Waals surface area (Å²) in [6.07, 6.45) is -0.123. The van der Waals surface area contributed by atoms with E-state index in [0.29, 0.717) is 17.4 Å². The highest BCUT2D eigenvalue weighted by molar-refractivity contribution is 8.00. The van der Waals surface area contributed by atoms with Crippen LogP contribution in [0.4, 0.5) is 5.13 Å². The summed E-state index contributed by atoms with van der Waals surface area (Å²) in [6.45, 7) is 0.589. The number of nitrogens with two attached hydrogens (primary N) is 1. The molecule has 37 heavy (non-hydrogen) atoms. The van der Waals surface area contributed by atoms with E-state index in [1.165, 1.54) is 0 Å². The van der Waals surface area contributed by atoms with Gasteiger partial charge in [-0.1, -0.05) is 0 Å². The minimum Gasteiger partial charge on any atom is -0.477 e. The minimum atomic E-state index is -4.95. The number of nitrogens with one attached hydrogen (secondary N) is 1. The number of hydrogen-bond acceptors (Lipinski definition) is 13. The second-order valence-electron chi connectivity index (χ2n) is 8.45. The van der Waals surface area contributed by atoms with Crippen molar-refractivity contribution in [1.82, 2.24) is 40.3 Å². The van der Waals surface area contributed by atoms with Crippen LogP contribution in [0.3, 0.4) is 0 Å². The van der Waals surface area contributed by atoms with Gasteiger partial charge in [-0.25, -0.2) is 14.5 Å². The van der Waals surface area contributed by atoms with Gasteiger partial charge in [-0.05, 0) is 30.1 Å². The van der Waals surface area contributed by atoms with Crippen LogP contribution in [0.15, 0.2) is 16.7 Å². The third-order valence-electron chi connectivity index (χ3n) is 5.60. The van der Waals surface area contributed by atoms with Gasteiger partial charge in [-0.15, -0.1) is 28.2 Å². The number of aliphatic carboxylic acids is 1. The lowest BCUT2D eigenvalue weighted by atomic mass is 10.0. The summed E-state index contributed by atoms with van der Waals surface area (Å²) in [6, 6.07) is -1.03. The van der Waals surface area contributed by atoms with Crippen molar-refractivity contribution >= 4 is 56.1 Å². The molecule has 1 unspecified atom stereocenters. The molecule has 0 saturated carbocycles. The average Bonchev–Trinajstić information content (AvgIpc) is 3.43. The summed E-state index contributed by atoms with van der Waals surface area (Å²) in [4.78, 5) is 44.3. The Morgan fingerprint density at radius 3 is 2.70 bits per heavy atom. The van der Waals surface area contributed by atoms with E-state index in [9.17, 15) is 32.5 Å². The van der Waals surface area contributed by atoms with Gasteiger partial charge in [-0.2, -0.15) is 8.42 Å². The number of carbonyl (C=O) groups excluding carboxylic acids is 2. The number of β-lactam (4-membered cyclic amide) rings is 1. The smallest absolute Gasteiger partial charge is 0.352 e. The molecule has 2 aliphatic rings. The zero-order valence-electron chi connectivity index (χ0n) is 19.5. The number of nitrogens with zero attached hydrogens (tertiary/aromatic N) is 7. The lowest BCUT2D eigenvalue weighted by Crippen LogP contribution is -2.70. The highest BCUT2D eigenvalue weighted by Crippen LogP contribution is 2.45. The molecule has 5 N–H and O–H groups in total. The monoisotopic (exact) mass is 573 g/mol. The van der Waals surface area contributed by atoms with Crippen molar-refractivity contribution in [3.63, 3.8) is 0 Å². The Bertz CT molecular complexity index is 1370. The van der Waals surface area contributed by atoms with Crippen LogP contribution in [0.1, 0.15) is 16.8 Å². The van der Waals surface area contributed by atoms with E-state index >= 15 is 0 Å². The number of fused-ring (bicyclic) bond motifs is 1. The molecule has 1 fully saturated rings. The van der Waals surface area contributed by atoms with E-state index in [2.05, 4.69) is 25.8 Å². The number of nitrogen functional groups attached to an aromatic ring is 1. The largest absolute Gasteiger partial charge is 0.477 e. The van der Waals surface area contributed by atoms with Crippen LogP contribution in [0.25, 0.3) is 0 Å². The second kappa shape index (κ2) is 10.3. The molecule has 2 aromatic rings. The Morgan fingerprint density at radius 2 is 2.11 bits per heavy atom. The van der Waals surface area contributed by atoms with Crippen LogP contribution in [0, 0.1) is 0 Å². The van der Waals surface area contributed by atoms with Gasteiger partial charge in [0.1, 0.15) is 17.1 Å². The lowest BCUT2D eigenvalue weighted by Gasteiger charge is -2.49. The number of carboxylic acid groups (broad SMARTS) is 1. The zero-order valence-corrected chi connectivity index (χ0v) is 22.0. The third kappa shape index (κ3) is 5.44. The molecule has 0 spiro atoms. The molecule has 0 radical (unpaired) electrons. The van der Waals surface area contributed by atoms with Gasteiger partial charge < -0.3 is 21.1 Å². The van der Waals surface area contributed by atoms with E-state index in [1.54, 1.807) is 24.4 Å². The number of aromatic nitrogens is 5. The van der Waals surface area contributed by atoms with Gasteiger partial charge in [0.15, 0.2) is 16.2 Å². The third-order valence-corrected chi connectivity index (χ3v) is 8.71. The molecule has 19 heteroatoms. The summed E-state index contributed by atoms with van der Waals surface area (Å²) in [7, 11) is -1.39. The molecule has 0 bridgehead atoms. The molecule has 2 aliphatic heterocycles. The minimum absolute atomic E-state index is 0.123. The van der Waals surface area contributed by atoms with Crippen LogP contribution >= 0.6 is 23.1 Å². The normalized spacial score (nSPS) is 20.5. The van der Waals surface area contributed by atoms with Crippen molar-refractivity contribution in [1.29, 1.82) is 0 Å². The number of carboxylic acids is 1. The number of rotatable bonds is 10. The molecule has 3 atom stereocenters. The predicted molar refractivity (Wildman–Crippen MR) is 131 cm³/mol. The molecule has 4 heterocycles. The molecule has 1 saturated heterocycles. The van der Waals surface area contributed by atoms with Gasteiger partial charge in [0.2, 0.25) is 5.91 Å². The molecular weight excluding hydrogens is 550 g/mol. The number of likely N-dealkylation sites (N-methyl/N-ethyl adjacent to an activating group) is 1. The Kier molecular flexibility index (Phi) is 7.51. The Morgan fingerprint density at radius 1 is 1.38 bits per heavy atom. The number of amides is 2. The van der Waals surface area contributed by atoms with Crippen molar-refractivity contribution in [3.8, 4) is 0 Å². The fourth-order valence-electron chi connectivity index (χ4n) is 3.96. The van der Waals surface area contributed by atoms with Crippen LogP contribution in [0.5, 0.6) is 0 Å². The van der Waals surface area contributed by atoms with E-state index < -0.39 is 50.3 Å². The van der Waals surface area contributed by atoms with E-state index in [1.807, 2.05) is 0 Å². The molecule has 16 nitrogen and oxygen atoms in total. The molecule has 2 amide bonds. The highest BCUT2D eigenvalue weighted by Gasteiger charge is 2.56. The van der Waals surface area contributed by atoms with Crippen LogP contribution in [-0.4, -0.2) is 109 Å². The number of anilines is 1. The van der Waals surface area contributed by atoms with E-state index in [0.717, 1.165) is 32.7 Å². The topological polar surface area (TPSA) is 227 Å². The number of thioether (sulfide) groups is 1. The average molecular weight is 574 g/mol. The van der Waals surface area contributed by atoms with Gasteiger partial charge in [0.25, 0.3) is 16.0 Å². The number of tetrazole rings is 1. The quantitative estimate of drug-likeness (QED) is 0.181. The first-order valence-corrected chi connectivity index (χ1v) is 14.1. The fourth-order valence-corrected chi connectivity index (χ4v) is 7.01. The maximum atomic E-state index is 13.0. The summed E-state index contributed by atoms with van der Waals surface area (Å²) < 4.78 is 36.2. The second-order valence-corrected chi connectivity index (χ2v) is 11.9. The first-order chi connectivity index (χ1) is 17.4. The number of thiazole rings is 1. The van der Waals surface area contributed by atoms with Crippen LogP contribution in [-0.2, 0) is 37.5 Å². The van der Waals surface area contributed by atoms with Crippen LogP contribution < -0.4 is 11.1 Å². The van der Waals surface area contributed by atoms with Gasteiger partial charge in [0.05, 0.1) is 18.7 Å². The SMILES string of the molecule is CN(C)CCn1nnnc1C(C1=C(C(=O)O)N2C(=O)[C@@H](NC(=O)Cc3csc(N)n3)[C@H]2SC1)S(=O)(=O)O. The molecule has 4 rings (SSSR count). The Balaban J connectivity index is 1.62. The van der Waals surface area contributed by atoms with Crippen molar-refractivity contribution in [2.45, 2.75) is 29.6 Å². The van der Waals surface area contributed by atoms with Gasteiger partial charge in [-0.3, -0.25) is 19.0 Å². The van der Waals surface area contributed by atoms with Crippen molar-refractivity contribution in [2.75, 3.05) is 32.1 Å². The highest BCUT2D eigenvalue weighted by atomic mass is 32.2. The summed E-state index contributed by atoms with van der Waals surface area (Å²) >= 11 is 2.21. The van der Waals surface area contributed by atoms with Gasteiger partial charge in [0, 0.05) is 17.7 Å². The summed E-state index contributed by atoms with van der Waals surface area (Å²) in [5.41, 5.74) is 5.13. The fraction of sp³-hybridized carbons (Fsp3) is 0.500. The first kappa shape index (κ1) is 26.9. The number of hydrogen-bond donors (Lipinski definition) is 4. The number of carbonyl (C=O) groups is 3. The van der Waals surface area contributed by atoms with Crippen molar-refractivity contribution in [2.24, 2.45) is 0 Å². The van der Waals surface area contributed by atoms with Crippen molar-refractivity contribution in [3.05, 3.63) is 28.2 Å². The summed E-state index contributed by atoms with van der Waals surface area (Å²) in [5, 5.41) is 22.7. The van der Waals surface area contributed by atoms with Crippen LogP contribution in [0.2, 0.25) is 0 Å². The molecular formula is C18H23N9O7S3. The molecule has 0 aromatic carbocycles. The molecule has 2 aromatic heterocycles. The van der Waals surface area contributed by atoms with E-state index in [-0.39, 0.29) is 30.1 Å². The summed E-state index contributed by atoms with van der Waals surface area (Å²) in [5.74, 6) is -3.28. The molecule has 200 valence electrons. The predicted octanol–water partition coefficient (Wildman–Crippen LogP) is -1.82.